The van der Waals surface area contributed by atoms with Crippen LogP contribution in [0.3, 0.4) is 0 Å². The summed E-state index contributed by atoms with van der Waals surface area (Å²) < 4.78 is 33.4. The Morgan fingerprint density at radius 2 is 2.12 bits per heavy atom. The molecule has 8 nitrogen and oxygen atoms in total. The Bertz CT molecular complexity index is 734. The molecule has 1 atom stereocenters. The lowest BCUT2D eigenvalue weighted by molar-refractivity contribution is -0.131. The van der Waals surface area contributed by atoms with Gasteiger partial charge in [0.05, 0.1) is 18.1 Å². The molecule has 0 radical (unpaired) electrons. The fourth-order valence-corrected chi connectivity index (χ4v) is 4.39. The van der Waals surface area contributed by atoms with Crippen LogP contribution in [0.25, 0.3) is 0 Å². The highest BCUT2D eigenvalue weighted by atomic mass is 32.2. The number of ether oxygens (including phenoxy) is 2. The number of urea groups is 1. The molecule has 0 bridgehead atoms. The van der Waals surface area contributed by atoms with E-state index in [-0.39, 0.29) is 24.1 Å². The average molecular weight is 370 g/mol. The second kappa shape index (κ2) is 8.30. The van der Waals surface area contributed by atoms with Gasteiger partial charge >= 0.3 is 12.0 Å². The van der Waals surface area contributed by atoms with Crippen LogP contribution in [0.15, 0.2) is 24.3 Å². The molecule has 0 aromatic heterocycles. The van der Waals surface area contributed by atoms with E-state index in [1.807, 2.05) is 0 Å². The van der Waals surface area contributed by atoms with E-state index in [0.29, 0.717) is 24.5 Å². The van der Waals surface area contributed by atoms with Crippen molar-refractivity contribution in [2.45, 2.75) is 19.4 Å². The van der Waals surface area contributed by atoms with Crippen LogP contribution in [0.2, 0.25) is 0 Å². The number of esters is 1. The van der Waals surface area contributed by atoms with Crippen molar-refractivity contribution in [2.75, 3.05) is 37.1 Å². The first-order valence-electron chi connectivity index (χ1n) is 7.86. The molecule has 1 saturated heterocycles. The predicted octanol–water partition coefficient (Wildman–Crippen LogP) is 1.28. The molecule has 1 fully saturated rings. The third-order valence-corrected chi connectivity index (χ3v) is 5.54. The predicted molar refractivity (Wildman–Crippen MR) is 92.4 cm³/mol. The van der Waals surface area contributed by atoms with E-state index < -0.39 is 21.8 Å². The Morgan fingerprint density at radius 1 is 1.36 bits per heavy atom. The summed E-state index contributed by atoms with van der Waals surface area (Å²) in [6, 6.07) is 5.64. The van der Waals surface area contributed by atoms with Crippen LogP contribution in [0.5, 0.6) is 5.75 Å². The van der Waals surface area contributed by atoms with Gasteiger partial charge < -0.3 is 19.7 Å². The van der Waals surface area contributed by atoms with Gasteiger partial charge in [0.15, 0.2) is 9.84 Å². The molecule has 0 aliphatic carbocycles. The molecule has 1 unspecified atom stereocenters. The molecule has 0 saturated carbocycles. The van der Waals surface area contributed by atoms with Crippen molar-refractivity contribution in [3.63, 3.8) is 0 Å². The lowest BCUT2D eigenvalue weighted by Crippen LogP contribution is -2.45. The van der Waals surface area contributed by atoms with Gasteiger partial charge in [-0.15, -0.1) is 0 Å². The highest BCUT2D eigenvalue weighted by Crippen LogP contribution is 2.21. The number of sulfone groups is 1. The van der Waals surface area contributed by atoms with Gasteiger partial charge in [-0.05, 0) is 18.6 Å². The first-order chi connectivity index (χ1) is 11.8. The summed E-state index contributed by atoms with van der Waals surface area (Å²) in [5.41, 5.74) is 0.451. The fourth-order valence-electron chi connectivity index (χ4n) is 2.66. The van der Waals surface area contributed by atoms with Crippen molar-refractivity contribution in [3.05, 3.63) is 24.3 Å². The quantitative estimate of drug-likeness (QED) is 0.598. The summed E-state index contributed by atoms with van der Waals surface area (Å²) in [6.07, 6.45) is 0.410. The molecule has 1 heterocycles. The smallest absolute Gasteiger partial charge is 0.322 e. The molecule has 1 aliphatic heterocycles. The molecule has 1 aromatic rings. The van der Waals surface area contributed by atoms with Crippen LogP contribution >= 0.6 is 0 Å². The van der Waals surface area contributed by atoms with E-state index in [2.05, 4.69) is 5.32 Å². The second-order valence-corrected chi connectivity index (χ2v) is 8.02. The maximum Gasteiger partial charge on any atom is 0.322 e. The topological polar surface area (TPSA) is 102 Å². The molecule has 2 rings (SSSR count). The molecule has 1 N–H and O–H groups in total. The van der Waals surface area contributed by atoms with Crippen molar-refractivity contribution in [1.82, 2.24) is 4.90 Å². The maximum atomic E-state index is 12.6. The zero-order chi connectivity index (χ0) is 18.4. The standard InChI is InChI=1S/C16H22N2O6S/c1-12(19)24-15-5-3-4-13(10-15)17-16(20)18(7-8-23-2)14-6-9-25(21,22)11-14/h3-5,10,14H,6-9,11H2,1-2H3,(H,17,20). The molecule has 0 spiro atoms. The Labute approximate surface area is 147 Å². The number of nitrogens with one attached hydrogen (secondary N) is 1. The molecule has 1 aliphatic rings. The number of methoxy groups -OCH3 is 1. The van der Waals surface area contributed by atoms with E-state index in [0.717, 1.165) is 0 Å². The summed E-state index contributed by atoms with van der Waals surface area (Å²) in [5, 5.41) is 2.71. The number of benzene rings is 1. The second-order valence-electron chi connectivity index (χ2n) is 5.79. The maximum absolute atomic E-state index is 12.6. The number of hydrogen-bond acceptors (Lipinski definition) is 6. The lowest BCUT2D eigenvalue weighted by atomic mass is 10.2. The molecule has 2 amide bonds. The summed E-state index contributed by atoms with van der Waals surface area (Å²) in [7, 11) is -1.59. The molecule has 25 heavy (non-hydrogen) atoms. The highest BCUT2D eigenvalue weighted by molar-refractivity contribution is 7.91. The Balaban J connectivity index is 2.10. The fraction of sp³-hybridized carbons (Fsp3) is 0.500. The Kier molecular flexibility index (Phi) is 6.38. The number of hydrogen-bond donors (Lipinski definition) is 1. The highest BCUT2D eigenvalue weighted by Gasteiger charge is 2.34. The van der Waals surface area contributed by atoms with Crippen LogP contribution in [0.1, 0.15) is 13.3 Å². The summed E-state index contributed by atoms with van der Waals surface area (Å²) in [6.45, 7) is 1.88. The van der Waals surface area contributed by atoms with Crippen molar-refractivity contribution in [1.29, 1.82) is 0 Å². The van der Waals surface area contributed by atoms with Gasteiger partial charge in [0.25, 0.3) is 0 Å². The van der Waals surface area contributed by atoms with Gasteiger partial charge in [-0.1, -0.05) is 6.07 Å². The van der Waals surface area contributed by atoms with Crippen molar-refractivity contribution < 1.29 is 27.5 Å². The van der Waals surface area contributed by atoms with Gasteiger partial charge in [-0.3, -0.25) is 4.79 Å². The van der Waals surface area contributed by atoms with E-state index in [1.54, 1.807) is 18.2 Å². The van der Waals surface area contributed by atoms with Crippen LogP contribution in [0, 0.1) is 0 Å². The summed E-state index contributed by atoms with van der Waals surface area (Å²) in [5.74, 6) is -0.105. The van der Waals surface area contributed by atoms with Crippen LogP contribution in [-0.2, 0) is 19.4 Å². The van der Waals surface area contributed by atoms with Gasteiger partial charge in [-0.25, -0.2) is 13.2 Å². The Hall–Kier alpha value is -2.13. The normalized spacial score (nSPS) is 18.6. The van der Waals surface area contributed by atoms with Crippen molar-refractivity contribution >= 4 is 27.5 Å². The number of carbonyl (C=O) groups is 2. The zero-order valence-corrected chi connectivity index (χ0v) is 15.0. The van der Waals surface area contributed by atoms with E-state index in [1.165, 1.54) is 25.0 Å². The largest absolute Gasteiger partial charge is 0.427 e. The minimum Gasteiger partial charge on any atom is -0.427 e. The van der Waals surface area contributed by atoms with Gasteiger partial charge in [0.1, 0.15) is 5.75 Å². The van der Waals surface area contributed by atoms with Crippen LogP contribution < -0.4 is 10.1 Å². The first kappa shape index (κ1) is 19.2. The minimum atomic E-state index is -3.11. The number of nitrogens with zero attached hydrogens (tertiary/aromatic N) is 1. The Morgan fingerprint density at radius 3 is 2.72 bits per heavy atom. The minimum absolute atomic E-state index is 0.0440. The average Bonchev–Trinajstić information content (AvgIpc) is 2.87. The number of carbonyl (C=O) groups excluding carboxylic acids is 2. The third-order valence-electron chi connectivity index (χ3n) is 3.79. The van der Waals surface area contributed by atoms with E-state index in [4.69, 9.17) is 9.47 Å². The van der Waals surface area contributed by atoms with Crippen molar-refractivity contribution in [2.24, 2.45) is 0 Å². The van der Waals surface area contributed by atoms with Crippen molar-refractivity contribution in [3.8, 4) is 5.75 Å². The van der Waals surface area contributed by atoms with Crippen LogP contribution in [0.4, 0.5) is 10.5 Å². The molecule has 1 aromatic carbocycles. The molecular formula is C16H22N2O6S. The summed E-state index contributed by atoms with van der Waals surface area (Å²) >= 11 is 0. The van der Waals surface area contributed by atoms with Gasteiger partial charge in [-0.2, -0.15) is 0 Å². The van der Waals surface area contributed by atoms with E-state index >= 15 is 0 Å². The molecule has 9 heteroatoms. The van der Waals surface area contributed by atoms with Crippen LogP contribution in [-0.4, -0.2) is 63.1 Å². The number of rotatable bonds is 6. The lowest BCUT2D eigenvalue weighted by Gasteiger charge is -2.28. The zero-order valence-electron chi connectivity index (χ0n) is 14.2. The molecular weight excluding hydrogens is 348 g/mol. The van der Waals surface area contributed by atoms with Gasteiger partial charge in [0.2, 0.25) is 0 Å². The first-order valence-corrected chi connectivity index (χ1v) is 9.68. The van der Waals surface area contributed by atoms with E-state index in [9.17, 15) is 18.0 Å². The SMILES string of the molecule is COCCN(C(=O)Nc1cccc(OC(C)=O)c1)C1CCS(=O)(=O)C1. The third kappa shape index (κ3) is 5.71. The van der Waals surface area contributed by atoms with Gasteiger partial charge in [0, 0.05) is 38.4 Å². The monoisotopic (exact) mass is 370 g/mol. The number of anilines is 1. The number of amides is 2. The summed E-state index contributed by atoms with van der Waals surface area (Å²) in [4.78, 5) is 25.1. The molecule has 138 valence electrons.